The summed E-state index contributed by atoms with van der Waals surface area (Å²) < 4.78 is 12.4. The molecule has 1 fully saturated rings. The fourth-order valence-electron chi connectivity index (χ4n) is 3.11. The lowest BCUT2D eigenvalue weighted by molar-refractivity contribution is -0.142. The zero-order valence-electron chi connectivity index (χ0n) is 12.5. The van der Waals surface area contributed by atoms with E-state index in [1.54, 1.807) is 0 Å². The van der Waals surface area contributed by atoms with Gasteiger partial charge in [0, 0.05) is 30.5 Å². The van der Waals surface area contributed by atoms with E-state index in [0.29, 0.717) is 26.3 Å². The van der Waals surface area contributed by atoms with Gasteiger partial charge in [-0.25, -0.2) is 0 Å². The van der Waals surface area contributed by atoms with Crippen molar-refractivity contribution >= 4 is 21.9 Å². The number of halogens is 1. The average molecular weight is 370 g/mol. The van der Waals surface area contributed by atoms with Crippen LogP contribution in [0.5, 0.6) is 11.5 Å². The summed E-state index contributed by atoms with van der Waals surface area (Å²) >= 11 is 3.59. The third-order valence-corrected chi connectivity index (χ3v) is 5.05. The molecule has 0 unspecified atom stereocenters. The largest absolute Gasteiger partial charge is 0.490 e. The molecule has 1 aromatic carbocycles. The molecule has 6 heteroatoms. The molecule has 1 saturated heterocycles. The van der Waals surface area contributed by atoms with Crippen LogP contribution in [0.1, 0.15) is 18.9 Å². The maximum absolute atomic E-state index is 11.2. The molecule has 0 aromatic heterocycles. The molecular formula is C16H20BrNO4. The van der Waals surface area contributed by atoms with Gasteiger partial charge < -0.3 is 14.6 Å². The second-order valence-electron chi connectivity index (χ2n) is 6.06. The molecule has 0 amide bonds. The highest BCUT2D eigenvalue weighted by atomic mass is 79.9. The predicted molar refractivity (Wildman–Crippen MR) is 85.3 cm³/mol. The Morgan fingerprint density at radius 3 is 2.64 bits per heavy atom. The summed E-state index contributed by atoms with van der Waals surface area (Å²) in [5.74, 6) is 0.743. The third kappa shape index (κ3) is 3.22. The minimum Gasteiger partial charge on any atom is -0.490 e. The summed E-state index contributed by atoms with van der Waals surface area (Å²) in [5, 5.41) is 9.24. The Morgan fingerprint density at radius 1 is 1.32 bits per heavy atom. The highest BCUT2D eigenvalue weighted by molar-refractivity contribution is 9.10. The monoisotopic (exact) mass is 369 g/mol. The third-order valence-electron chi connectivity index (χ3n) is 4.32. The Hall–Kier alpha value is -1.27. The quantitative estimate of drug-likeness (QED) is 0.887. The van der Waals surface area contributed by atoms with Crippen LogP contribution in [0, 0.1) is 11.8 Å². The van der Waals surface area contributed by atoms with Crippen LogP contribution in [0.15, 0.2) is 16.6 Å². The Kier molecular flexibility index (Phi) is 4.59. The number of rotatable bonds is 3. The molecule has 0 spiro atoms. The normalized spacial score (nSPS) is 25.0. The van der Waals surface area contributed by atoms with Crippen molar-refractivity contribution in [2.24, 2.45) is 11.8 Å². The summed E-state index contributed by atoms with van der Waals surface area (Å²) in [6, 6.07) is 3.95. The number of carboxylic acids is 1. The van der Waals surface area contributed by atoms with Crippen molar-refractivity contribution in [3.8, 4) is 11.5 Å². The highest BCUT2D eigenvalue weighted by Crippen LogP contribution is 2.36. The van der Waals surface area contributed by atoms with Crippen LogP contribution < -0.4 is 9.47 Å². The molecule has 5 nitrogen and oxygen atoms in total. The molecule has 2 aliphatic rings. The van der Waals surface area contributed by atoms with Crippen LogP contribution >= 0.6 is 15.9 Å². The summed E-state index contributed by atoms with van der Waals surface area (Å²) in [6.45, 7) is 5.45. The number of hydrogen-bond acceptors (Lipinski definition) is 4. The molecule has 0 bridgehead atoms. The van der Waals surface area contributed by atoms with Gasteiger partial charge in [-0.15, -0.1) is 0 Å². The standard InChI is InChI=1S/C16H20BrNO4/c1-10-7-18(9-12(10)16(19)20)8-11-5-14-15(6-13(11)17)22-4-2-3-21-14/h5-6,10,12H,2-4,7-9H2,1H3,(H,19,20)/t10-,12-/m1/s1. The van der Waals surface area contributed by atoms with Crippen molar-refractivity contribution in [3.63, 3.8) is 0 Å². The van der Waals surface area contributed by atoms with Crippen molar-refractivity contribution in [1.82, 2.24) is 4.90 Å². The number of likely N-dealkylation sites (tertiary alicyclic amines) is 1. The van der Waals surface area contributed by atoms with E-state index in [-0.39, 0.29) is 11.8 Å². The van der Waals surface area contributed by atoms with E-state index in [0.717, 1.165) is 34.5 Å². The number of ether oxygens (including phenoxy) is 2. The number of carboxylic acid groups (broad SMARTS) is 1. The average Bonchev–Trinajstić information content (AvgIpc) is 2.68. The highest BCUT2D eigenvalue weighted by Gasteiger charge is 2.34. The molecule has 120 valence electrons. The summed E-state index contributed by atoms with van der Waals surface area (Å²) in [4.78, 5) is 13.4. The SMILES string of the molecule is C[C@@H]1CN(Cc2cc3c(cc2Br)OCCCO3)C[C@H]1C(=O)O. The van der Waals surface area contributed by atoms with Crippen LogP contribution in [-0.2, 0) is 11.3 Å². The second-order valence-corrected chi connectivity index (χ2v) is 6.91. The van der Waals surface area contributed by atoms with Crippen molar-refractivity contribution in [1.29, 1.82) is 0 Å². The molecule has 1 aromatic rings. The lowest BCUT2D eigenvalue weighted by Crippen LogP contribution is -2.23. The lowest BCUT2D eigenvalue weighted by atomic mass is 9.99. The Labute approximate surface area is 138 Å². The Bertz CT molecular complexity index is 578. The van der Waals surface area contributed by atoms with Crippen molar-refractivity contribution in [2.45, 2.75) is 19.9 Å². The molecule has 2 aliphatic heterocycles. The predicted octanol–water partition coefficient (Wildman–Crippen LogP) is 2.76. The first-order chi connectivity index (χ1) is 10.5. The topological polar surface area (TPSA) is 59.0 Å². The zero-order chi connectivity index (χ0) is 15.7. The van der Waals surface area contributed by atoms with Gasteiger partial charge in [0.05, 0.1) is 19.1 Å². The number of benzene rings is 1. The van der Waals surface area contributed by atoms with E-state index < -0.39 is 5.97 Å². The van der Waals surface area contributed by atoms with Gasteiger partial charge in [-0.05, 0) is 23.6 Å². The molecule has 0 aliphatic carbocycles. The van der Waals surface area contributed by atoms with Crippen LogP contribution in [-0.4, -0.2) is 42.3 Å². The molecule has 22 heavy (non-hydrogen) atoms. The van der Waals surface area contributed by atoms with Crippen molar-refractivity contribution < 1.29 is 19.4 Å². The molecule has 2 atom stereocenters. The number of carbonyl (C=O) groups is 1. The molecule has 1 N–H and O–H groups in total. The first-order valence-electron chi connectivity index (χ1n) is 7.58. The van der Waals surface area contributed by atoms with Gasteiger partial charge in [0.1, 0.15) is 0 Å². The molecule has 0 radical (unpaired) electrons. The van der Waals surface area contributed by atoms with Gasteiger partial charge in [-0.3, -0.25) is 9.69 Å². The summed E-state index contributed by atoms with van der Waals surface area (Å²) in [5.41, 5.74) is 1.10. The van der Waals surface area contributed by atoms with E-state index in [2.05, 4.69) is 20.8 Å². The van der Waals surface area contributed by atoms with Crippen LogP contribution in [0.3, 0.4) is 0 Å². The molecule has 3 rings (SSSR count). The van der Waals surface area contributed by atoms with Crippen molar-refractivity contribution in [2.75, 3.05) is 26.3 Å². The van der Waals surface area contributed by atoms with E-state index in [9.17, 15) is 9.90 Å². The maximum Gasteiger partial charge on any atom is 0.308 e. The number of hydrogen-bond donors (Lipinski definition) is 1. The number of aliphatic carboxylic acids is 1. The molecular weight excluding hydrogens is 350 g/mol. The van der Waals surface area contributed by atoms with Gasteiger partial charge in [0.15, 0.2) is 11.5 Å². The first kappa shape index (κ1) is 15.6. The number of nitrogens with zero attached hydrogens (tertiary/aromatic N) is 1. The maximum atomic E-state index is 11.2. The van der Waals surface area contributed by atoms with Gasteiger partial charge in [0.2, 0.25) is 0 Å². The zero-order valence-corrected chi connectivity index (χ0v) is 14.1. The van der Waals surface area contributed by atoms with Gasteiger partial charge >= 0.3 is 5.97 Å². The van der Waals surface area contributed by atoms with Crippen LogP contribution in [0.25, 0.3) is 0 Å². The van der Waals surface area contributed by atoms with Gasteiger partial charge in [-0.1, -0.05) is 22.9 Å². The summed E-state index contributed by atoms with van der Waals surface area (Å²) in [7, 11) is 0. The van der Waals surface area contributed by atoms with E-state index >= 15 is 0 Å². The molecule has 0 saturated carbocycles. The molecule has 2 heterocycles. The van der Waals surface area contributed by atoms with E-state index in [1.807, 2.05) is 19.1 Å². The fourth-order valence-corrected chi connectivity index (χ4v) is 3.55. The van der Waals surface area contributed by atoms with Crippen LogP contribution in [0.4, 0.5) is 0 Å². The van der Waals surface area contributed by atoms with Gasteiger partial charge in [-0.2, -0.15) is 0 Å². The second kappa shape index (κ2) is 6.46. The van der Waals surface area contributed by atoms with Crippen molar-refractivity contribution in [3.05, 3.63) is 22.2 Å². The Balaban J connectivity index is 1.76. The number of fused-ring (bicyclic) bond motifs is 1. The van der Waals surface area contributed by atoms with Crippen LogP contribution in [0.2, 0.25) is 0 Å². The lowest BCUT2D eigenvalue weighted by Gasteiger charge is -2.18. The minimum atomic E-state index is -0.701. The van der Waals surface area contributed by atoms with E-state index in [1.165, 1.54) is 0 Å². The first-order valence-corrected chi connectivity index (χ1v) is 8.37. The smallest absolute Gasteiger partial charge is 0.308 e. The van der Waals surface area contributed by atoms with E-state index in [4.69, 9.17) is 9.47 Å². The Morgan fingerprint density at radius 2 is 2.00 bits per heavy atom. The fraction of sp³-hybridized carbons (Fsp3) is 0.562. The minimum absolute atomic E-state index is 0.177. The van der Waals surface area contributed by atoms with Gasteiger partial charge in [0.25, 0.3) is 0 Å². The summed E-state index contributed by atoms with van der Waals surface area (Å²) in [6.07, 6.45) is 0.881.